The molecule has 0 N–H and O–H groups in total. The van der Waals surface area contributed by atoms with Gasteiger partial charge in [-0.1, -0.05) is 128 Å². The first-order valence-corrected chi connectivity index (χ1v) is 17.6. The predicted octanol–water partition coefficient (Wildman–Crippen LogP) is 12.1. The summed E-state index contributed by atoms with van der Waals surface area (Å²) in [6.45, 7) is 0. The molecular formula is C32H57F2P. The van der Waals surface area contributed by atoms with Crippen molar-refractivity contribution in [3.8, 4) is 0 Å². The maximum Gasteiger partial charge on any atom is 0.269 e. The molecule has 3 heteroatoms. The van der Waals surface area contributed by atoms with Gasteiger partial charge in [-0.05, 0) is 67.6 Å². The largest absolute Gasteiger partial charge is 0.269 e. The van der Waals surface area contributed by atoms with E-state index in [1.54, 1.807) is 0 Å². The molecule has 0 saturated heterocycles. The average Bonchev–Trinajstić information content (AvgIpc) is 2.74. The summed E-state index contributed by atoms with van der Waals surface area (Å²) in [6, 6.07) is 0. The normalized spacial score (nSPS) is 39.7. The van der Waals surface area contributed by atoms with Crippen LogP contribution in [-0.4, -0.2) is 5.66 Å². The molecule has 7 unspecified atom stereocenters. The van der Waals surface area contributed by atoms with Crippen LogP contribution in [-0.2, 0) is 0 Å². The predicted molar refractivity (Wildman–Crippen MR) is 149 cm³/mol. The summed E-state index contributed by atoms with van der Waals surface area (Å²) < 4.78 is 27.9. The van der Waals surface area contributed by atoms with Crippen LogP contribution in [0.1, 0.15) is 161 Å². The molecule has 0 amide bonds. The molecule has 7 aliphatic carbocycles. The van der Waals surface area contributed by atoms with Crippen LogP contribution >= 0.6 is 8.54 Å². The standard InChI is InChI=1S/C20H33F2P.3C4H8/c21-23(22)19-13-12-15-7-2-4-10-17(15)20(19)18-11-5-8-14-6-1-3-9-16(14)18;3*1-2-4-3-1/h14-20H,1-13H2;3*1-4H2. The fourth-order valence-corrected chi connectivity index (χ4v) is 9.06. The van der Waals surface area contributed by atoms with Gasteiger partial charge >= 0.3 is 0 Å². The maximum atomic E-state index is 14.0. The topological polar surface area (TPSA) is 0 Å². The third kappa shape index (κ3) is 8.39. The Hall–Kier alpha value is 0.290. The van der Waals surface area contributed by atoms with Crippen molar-refractivity contribution in [3.05, 3.63) is 0 Å². The van der Waals surface area contributed by atoms with Crippen LogP contribution < -0.4 is 0 Å². The number of rotatable bonds is 2. The number of fused-ring (bicyclic) bond motifs is 2. The fourth-order valence-electron chi connectivity index (χ4n) is 8.01. The highest BCUT2D eigenvalue weighted by Crippen LogP contribution is 2.62. The van der Waals surface area contributed by atoms with E-state index in [4.69, 9.17) is 0 Å². The van der Waals surface area contributed by atoms with Gasteiger partial charge < -0.3 is 0 Å². The van der Waals surface area contributed by atoms with Crippen molar-refractivity contribution >= 4 is 8.54 Å². The summed E-state index contributed by atoms with van der Waals surface area (Å²) in [5, 5.41) is 0. The molecule has 204 valence electrons. The van der Waals surface area contributed by atoms with Crippen LogP contribution in [0.5, 0.6) is 0 Å². The molecule has 0 radical (unpaired) electrons. The van der Waals surface area contributed by atoms with E-state index in [0.717, 1.165) is 30.6 Å². The number of hydrogen-bond acceptors (Lipinski definition) is 0. The molecule has 0 aliphatic heterocycles. The van der Waals surface area contributed by atoms with E-state index in [1.807, 2.05) is 0 Å². The summed E-state index contributed by atoms with van der Waals surface area (Å²) in [7, 11) is -2.74. The van der Waals surface area contributed by atoms with Gasteiger partial charge in [-0.25, -0.2) is 0 Å². The van der Waals surface area contributed by atoms with Gasteiger partial charge in [-0.15, -0.1) is 0 Å². The molecule has 7 fully saturated rings. The lowest BCUT2D eigenvalue weighted by Crippen LogP contribution is -2.47. The molecule has 0 aromatic rings. The first-order valence-electron chi connectivity index (χ1n) is 16.4. The Morgan fingerprint density at radius 3 is 1.23 bits per heavy atom. The molecule has 0 heterocycles. The first-order chi connectivity index (χ1) is 17.3. The minimum Gasteiger partial charge on any atom is -0.188 e. The lowest BCUT2D eigenvalue weighted by molar-refractivity contribution is -0.00732. The highest BCUT2D eigenvalue weighted by atomic mass is 31.2. The van der Waals surface area contributed by atoms with Crippen molar-refractivity contribution < 1.29 is 8.39 Å². The van der Waals surface area contributed by atoms with Crippen molar-refractivity contribution in [2.24, 2.45) is 35.5 Å². The Morgan fingerprint density at radius 1 is 0.343 bits per heavy atom. The summed E-state index contributed by atoms with van der Waals surface area (Å²) in [4.78, 5) is 0. The molecule has 0 aromatic carbocycles. The van der Waals surface area contributed by atoms with Crippen molar-refractivity contribution in [3.63, 3.8) is 0 Å². The zero-order valence-electron chi connectivity index (χ0n) is 22.9. The number of hydrogen-bond donors (Lipinski definition) is 0. The molecule has 0 spiro atoms. The molecule has 7 rings (SSSR count). The quantitative estimate of drug-likeness (QED) is 0.324. The lowest BCUT2D eigenvalue weighted by Gasteiger charge is -2.53. The minimum absolute atomic E-state index is 0.213. The monoisotopic (exact) mass is 510 g/mol. The second-order valence-corrected chi connectivity index (χ2v) is 14.4. The molecular weight excluding hydrogens is 453 g/mol. The molecule has 7 atom stereocenters. The summed E-state index contributed by atoms with van der Waals surface area (Å²) in [6.07, 6.45) is 34.7. The third-order valence-corrected chi connectivity index (χ3v) is 12.2. The second-order valence-electron chi connectivity index (χ2n) is 13.2. The molecule has 0 aromatic heterocycles. The highest BCUT2D eigenvalue weighted by Gasteiger charge is 2.50. The summed E-state index contributed by atoms with van der Waals surface area (Å²) in [5.41, 5.74) is -0.213. The minimum atomic E-state index is -2.74. The van der Waals surface area contributed by atoms with Gasteiger partial charge in [0.2, 0.25) is 0 Å². The molecule has 35 heavy (non-hydrogen) atoms. The molecule has 0 nitrogen and oxygen atoms in total. The first kappa shape index (κ1) is 28.3. The number of halogens is 2. The molecule has 0 bridgehead atoms. The fraction of sp³-hybridized carbons (Fsp3) is 1.00. The molecule has 7 aliphatic rings. The highest BCUT2D eigenvalue weighted by molar-refractivity contribution is 7.47. The van der Waals surface area contributed by atoms with E-state index < -0.39 is 8.54 Å². The van der Waals surface area contributed by atoms with Crippen molar-refractivity contribution in [1.82, 2.24) is 0 Å². The van der Waals surface area contributed by atoms with Crippen LogP contribution in [0.2, 0.25) is 0 Å². The smallest absolute Gasteiger partial charge is 0.188 e. The van der Waals surface area contributed by atoms with E-state index in [2.05, 4.69) is 0 Å². The second kappa shape index (κ2) is 15.6. The van der Waals surface area contributed by atoms with Gasteiger partial charge in [0.25, 0.3) is 8.54 Å². The van der Waals surface area contributed by atoms with Gasteiger partial charge in [-0.3, -0.25) is 0 Å². The zero-order chi connectivity index (χ0) is 24.3. The van der Waals surface area contributed by atoms with Crippen LogP contribution in [0.3, 0.4) is 0 Å². The Morgan fingerprint density at radius 2 is 0.743 bits per heavy atom. The third-order valence-electron chi connectivity index (χ3n) is 11.1. The summed E-state index contributed by atoms with van der Waals surface area (Å²) in [5.74, 6) is 4.19. The van der Waals surface area contributed by atoms with E-state index in [-0.39, 0.29) is 5.66 Å². The van der Waals surface area contributed by atoms with E-state index in [0.29, 0.717) is 17.8 Å². The maximum absolute atomic E-state index is 14.0. The van der Waals surface area contributed by atoms with Crippen molar-refractivity contribution in [1.29, 1.82) is 0 Å². The van der Waals surface area contributed by atoms with Gasteiger partial charge in [0.15, 0.2) is 0 Å². The van der Waals surface area contributed by atoms with E-state index in [1.165, 1.54) is 148 Å². The van der Waals surface area contributed by atoms with Gasteiger partial charge in [0, 0.05) is 5.66 Å². The van der Waals surface area contributed by atoms with Crippen LogP contribution in [0.15, 0.2) is 0 Å². The Labute approximate surface area is 218 Å². The summed E-state index contributed by atoms with van der Waals surface area (Å²) >= 11 is 0. The average molecular weight is 511 g/mol. The van der Waals surface area contributed by atoms with Crippen molar-refractivity contribution in [2.75, 3.05) is 0 Å². The van der Waals surface area contributed by atoms with Crippen molar-refractivity contribution in [2.45, 2.75) is 166 Å². The van der Waals surface area contributed by atoms with Gasteiger partial charge in [-0.2, -0.15) is 8.39 Å². The Bertz CT molecular complexity index is 521. The van der Waals surface area contributed by atoms with E-state index >= 15 is 0 Å². The Kier molecular flexibility index (Phi) is 12.6. The van der Waals surface area contributed by atoms with E-state index in [9.17, 15) is 8.39 Å². The molecule has 7 saturated carbocycles. The Balaban J connectivity index is 0.000000194. The lowest BCUT2D eigenvalue weighted by atomic mass is 9.54. The van der Waals surface area contributed by atoms with Gasteiger partial charge in [0.1, 0.15) is 0 Å². The SMILES string of the molecule is C1CCC1.C1CCC1.C1CCC1.FP(F)C1CCC2CCCCC2C1C1CCCC2CCCCC21. The van der Waals surface area contributed by atoms with Gasteiger partial charge in [0.05, 0.1) is 0 Å². The zero-order valence-corrected chi connectivity index (χ0v) is 23.8. The van der Waals surface area contributed by atoms with Crippen LogP contribution in [0.25, 0.3) is 0 Å². The van der Waals surface area contributed by atoms with Crippen LogP contribution in [0, 0.1) is 35.5 Å². The van der Waals surface area contributed by atoms with Crippen LogP contribution in [0.4, 0.5) is 8.39 Å².